The second-order valence-corrected chi connectivity index (χ2v) is 13.1. The molecule has 0 radical (unpaired) electrons. The average Bonchev–Trinajstić information content (AvgIpc) is 3.37. The first-order chi connectivity index (χ1) is 15.7. The summed E-state index contributed by atoms with van der Waals surface area (Å²) in [5.74, 6) is 1.32. The number of rotatable bonds is 4. The third-order valence-corrected chi connectivity index (χ3v) is 6.85. The molecule has 3 heteroatoms. The molecular formula is C30H38Cl2Zr. The molecule has 0 saturated carbocycles. The summed E-state index contributed by atoms with van der Waals surface area (Å²) >= 11 is -0.826. The van der Waals surface area contributed by atoms with E-state index in [9.17, 15) is 0 Å². The maximum absolute atomic E-state index is 4.93. The molecule has 0 aliphatic heterocycles. The van der Waals surface area contributed by atoms with Gasteiger partial charge in [0.15, 0.2) is 0 Å². The van der Waals surface area contributed by atoms with Gasteiger partial charge in [-0.05, 0) is 11.8 Å². The van der Waals surface area contributed by atoms with Gasteiger partial charge in [-0.1, -0.05) is 91.5 Å². The van der Waals surface area contributed by atoms with Gasteiger partial charge in [-0.2, -0.15) is 12.1 Å². The van der Waals surface area contributed by atoms with Crippen LogP contribution in [0.2, 0.25) is 0 Å². The van der Waals surface area contributed by atoms with Gasteiger partial charge in [-0.25, -0.2) is 0 Å². The summed E-state index contributed by atoms with van der Waals surface area (Å²) in [6.45, 7) is 17.9. The Morgan fingerprint density at radius 3 is 1.33 bits per heavy atom. The summed E-state index contributed by atoms with van der Waals surface area (Å²) in [5, 5.41) is 5.79. The van der Waals surface area contributed by atoms with Crippen molar-refractivity contribution in [2.45, 2.75) is 80.1 Å². The Kier molecular flexibility index (Phi) is 11.4. The zero-order valence-electron chi connectivity index (χ0n) is 21.4. The van der Waals surface area contributed by atoms with Crippen molar-refractivity contribution in [1.82, 2.24) is 0 Å². The second-order valence-electron chi connectivity index (χ2n) is 9.35. The summed E-state index contributed by atoms with van der Waals surface area (Å²) < 4.78 is 0. The molecule has 0 N–H and O–H groups in total. The minimum absolute atomic E-state index is 0.662. The van der Waals surface area contributed by atoms with Crippen LogP contribution in [-0.2, 0) is 20.8 Å². The van der Waals surface area contributed by atoms with Gasteiger partial charge in [0, 0.05) is 0 Å². The van der Waals surface area contributed by atoms with Crippen molar-refractivity contribution < 1.29 is 20.8 Å². The Hall–Kier alpha value is -0.877. The number of hydrogen-bond acceptors (Lipinski definition) is 0. The van der Waals surface area contributed by atoms with E-state index in [2.05, 4.69) is 104 Å². The van der Waals surface area contributed by atoms with Crippen molar-refractivity contribution >= 4 is 38.6 Å². The van der Waals surface area contributed by atoms with E-state index in [1.807, 2.05) is 0 Å². The third-order valence-electron chi connectivity index (χ3n) is 6.85. The summed E-state index contributed by atoms with van der Waals surface area (Å²) in [6, 6.07) is 18.4. The van der Waals surface area contributed by atoms with Crippen LogP contribution >= 0.6 is 17.0 Å². The molecule has 2 unspecified atom stereocenters. The van der Waals surface area contributed by atoms with Crippen LogP contribution in [0.25, 0.3) is 21.5 Å². The van der Waals surface area contributed by atoms with Gasteiger partial charge >= 0.3 is 37.9 Å². The fraction of sp³-hybridized carbons (Fsp3) is 0.400. The van der Waals surface area contributed by atoms with E-state index in [1.165, 1.54) is 67.8 Å². The average molecular weight is 561 g/mol. The fourth-order valence-electron chi connectivity index (χ4n) is 4.52. The first kappa shape index (κ1) is 28.4. The number of benzene rings is 2. The molecule has 0 nitrogen and oxygen atoms in total. The van der Waals surface area contributed by atoms with Crippen LogP contribution in [-0.4, -0.2) is 0 Å². The van der Waals surface area contributed by atoms with E-state index in [4.69, 9.17) is 17.0 Å². The molecule has 4 rings (SSSR count). The van der Waals surface area contributed by atoms with Crippen molar-refractivity contribution in [2.75, 3.05) is 0 Å². The molecule has 0 amide bonds. The minimum atomic E-state index is -0.826. The van der Waals surface area contributed by atoms with Crippen molar-refractivity contribution in [3.63, 3.8) is 0 Å². The van der Waals surface area contributed by atoms with E-state index in [0.29, 0.717) is 11.8 Å². The second kappa shape index (κ2) is 13.3. The standard InChI is InChI=1S/2C15H19.2ClH.Zr/c2*1-5-11(3)13-7-6-12(4)14-8-10(2)9-15(13)14;;;/h2*6-9,11H,5H2,1-4H3;2*1H;/q2*-1;;;+4/p-2. The van der Waals surface area contributed by atoms with Gasteiger partial charge in [0.05, 0.1) is 0 Å². The summed E-state index contributed by atoms with van der Waals surface area (Å²) in [7, 11) is 9.87. The van der Waals surface area contributed by atoms with Crippen LogP contribution < -0.4 is 0 Å². The van der Waals surface area contributed by atoms with Gasteiger partial charge in [0.25, 0.3) is 0 Å². The van der Waals surface area contributed by atoms with E-state index in [-0.39, 0.29) is 0 Å². The molecule has 0 spiro atoms. The molecule has 0 aromatic heterocycles. The number of halogens is 2. The summed E-state index contributed by atoms with van der Waals surface area (Å²) in [6.07, 6.45) is 2.42. The Morgan fingerprint density at radius 2 is 1.03 bits per heavy atom. The fourth-order valence-corrected chi connectivity index (χ4v) is 4.52. The predicted octanol–water partition coefficient (Wildman–Crippen LogP) is 10.8. The molecule has 0 bridgehead atoms. The molecule has 0 fully saturated rings. The number of hydrogen-bond donors (Lipinski definition) is 0. The maximum atomic E-state index is 4.93. The van der Waals surface area contributed by atoms with Crippen LogP contribution in [0.4, 0.5) is 0 Å². The van der Waals surface area contributed by atoms with Crippen molar-refractivity contribution in [3.05, 3.63) is 81.9 Å². The van der Waals surface area contributed by atoms with Gasteiger partial charge in [-0.3, -0.25) is 0 Å². The molecule has 33 heavy (non-hydrogen) atoms. The van der Waals surface area contributed by atoms with Crippen LogP contribution in [0.3, 0.4) is 0 Å². The number of fused-ring (bicyclic) bond motifs is 2. The Bertz CT molecular complexity index is 1070. The van der Waals surface area contributed by atoms with Crippen LogP contribution in [0.1, 0.15) is 85.8 Å². The van der Waals surface area contributed by atoms with Crippen molar-refractivity contribution in [2.24, 2.45) is 0 Å². The molecule has 4 aromatic rings. The van der Waals surface area contributed by atoms with Crippen LogP contribution in [0.5, 0.6) is 0 Å². The number of aryl methyl sites for hydroxylation is 4. The zero-order chi connectivity index (χ0) is 24.7. The quantitative estimate of drug-likeness (QED) is 0.218. The van der Waals surface area contributed by atoms with E-state index in [0.717, 1.165) is 0 Å². The molecule has 0 aliphatic carbocycles. The Balaban J connectivity index is 0.000000209. The van der Waals surface area contributed by atoms with E-state index in [1.54, 1.807) is 0 Å². The molecule has 0 heterocycles. The molecular weight excluding hydrogens is 522 g/mol. The monoisotopic (exact) mass is 558 g/mol. The normalized spacial score (nSPS) is 12.4. The molecule has 176 valence electrons. The summed E-state index contributed by atoms with van der Waals surface area (Å²) in [5.41, 5.74) is 8.56. The van der Waals surface area contributed by atoms with E-state index >= 15 is 0 Å². The SMILES string of the molecule is CCC(C)c1ccc(C)c2[cH-]c(C)cc12.CCC(C)c1ccc(C)c2[cH-]c(C)cc12.[Cl][Zr+2][Cl]. The topological polar surface area (TPSA) is 0 Å². The summed E-state index contributed by atoms with van der Waals surface area (Å²) in [4.78, 5) is 0. The Labute approximate surface area is 220 Å². The van der Waals surface area contributed by atoms with Gasteiger partial charge < -0.3 is 0 Å². The molecule has 2 atom stereocenters. The van der Waals surface area contributed by atoms with Crippen molar-refractivity contribution in [1.29, 1.82) is 0 Å². The predicted molar refractivity (Wildman–Crippen MR) is 147 cm³/mol. The van der Waals surface area contributed by atoms with Gasteiger partial charge in [-0.15, -0.1) is 68.1 Å². The van der Waals surface area contributed by atoms with E-state index < -0.39 is 20.8 Å². The first-order valence-electron chi connectivity index (χ1n) is 12.0. The van der Waals surface area contributed by atoms with Crippen LogP contribution in [0, 0.1) is 27.7 Å². The van der Waals surface area contributed by atoms with Crippen LogP contribution in [0.15, 0.2) is 48.5 Å². The molecule has 4 aromatic carbocycles. The van der Waals surface area contributed by atoms with Gasteiger partial charge in [0.1, 0.15) is 0 Å². The Morgan fingerprint density at radius 1 is 0.697 bits per heavy atom. The van der Waals surface area contributed by atoms with Crippen molar-refractivity contribution in [3.8, 4) is 0 Å². The molecule has 0 saturated heterocycles. The zero-order valence-corrected chi connectivity index (χ0v) is 25.4. The van der Waals surface area contributed by atoms with Gasteiger partial charge in [0.2, 0.25) is 0 Å². The molecule has 0 aliphatic rings. The first-order valence-corrected chi connectivity index (χ1v) is 18.3. The third kappa shape index (κ3) is 7.07.